The average Bonchev–Trinajstić information content (AvgIpc) is 3.01. The summed E-state index contributed by atoms with van der Waals surface area (Å²) in [4.78, 5) is 32.5. The normalized spacial score (nSPS) is 23.4. The molecule has 0 spiro atoms. The van der Waals surface area contributed by atoms with Gasteiger partial charge in [-0.15, -0.1) is 0 Å². The maximum absolute atomic E-state index is 14.2. The summed E-state index contributed by atoms with van der Waals surface area (Å²) in [5.74, 6) is 1.08. The molecule has 224 valence electrons. The van der Waals surface area contributed by atoms with E-state index in [1.54, 1.807) is 5.57 Å². The molecule has 0 aromatic heterocycles. The van der Waals surface area contributed by atoms with Gasteiger partial charge in [-0.25, -0.2) is 0 Å². The molecular formula is C35H46N4O3. The van der Waals surface area contributed by atoms with E-state index >= 15 is 0 Å². The molecule has 2 aromatic rings. The molecule has 3 aliphatic heterocycles. The molecule has 3 heterocycles. The van der Waals surface area contributed by atoms with Crippen molar-refractivity contribution >= 4 is 11.8 Å². The Morgan fingerprint density at radius 3 is 2.45 bits per heavy atom. The smallest absolute Gasteiger partial charge is 0.254 e. The number of likely N-dealkylation sites (tertiary alicyclic amines) is 2. The molecule has 2 amide bonds. The van der Waals surface area contributed by atoms with Crippen molar-refractivity contribution in [2.24, 2.45) is 11.7 Å². The molecule has 4 aliphatic rings. The Balaban J connectivity index is 1.18. The van der Waals surface area contributed by atoms with Crippen LogP contribution in [0.15, 0.2) is 54.1 Å². The van der Waals surface area contributed by atoms with Crippen LogP contribution in [0.2, 0.25) is 0 Å². The molecule has 2 fully saturated rings. The lowest BCUT2D eigenvalue weighted by atomic mass is 9.83. The van der Waals surface area contributed by atoms with E-state index in [2.05, 4.69) is 16.3 Å². The van der Waals surface area contributed by atoms with E-state index in [0.717, 1.165) is 50.9 Å². The number of amides is 2. The molecule has 1 aliphatic carbocycles. The number of allylic oxidation sites excluding steroid dienone is 1. The molecule has 2 aromatic carbocycles. The third-order valence-corrected chi connectivity index (χ3v) is 9.78. The molecule has 7 heteroatoms. The molecule has 0 bridgehead atoms. The van der Waals surface area contributed by atoms with Crippen LogP contribution in [-0.4, -0.2) is 66.9 Å². The summed E-state index contributed by atoms with van der Waals surface area (Å²) in [6, 6.07) is 13.5. The summed E-state index contributed by atoms with van der Waals surface area (Å²) < 4.78 is 6.28. The fourth-order valence-corrected chi connectivity index (χ4v) is 7.23. The Kier molecular flexibility index (Phi) is 9.25. The quantitative estimate of drug-likeness (QED) is 0.442. The van der Waals surface area contributed by atoms with E-state index in [0.29, 0.717) is 48.2 Å². The van der Waals surface area contributed by atoms with Crippen molar-refractivity contribution in [3.63, 3.8) is 0 Å². The Morgan fingerprint density at radius 2 is 1.64 bits per heavy atom. The fourth-order valence-electron chi connectivity index (χ4n) is 7.23. The summed E-state index contributed by atoms with van der Waals surface area (Å²) >= 11 is 0. The number of piperidine rings is 2. The molecule has 42 heavy (non-hydrogen) atoms. The second-order valence-electron chi connectivity index (χ2n) is 12.6. The summed E-state index contributed by atoms with van der Waals surface area (Å²) in [5, 5.41) is 3.40. The van der Waals surface area contributed by atoms with Crippen LogP contribution in [0.25, 0.3) is 0 Å². The van der Waals surface area contributed by atoms with Gasteiger partial charge in [0.1, 0.15) is 11.5 Å². The Morgan fingerprint density at radius 1 is 0.881 bits per heavy atom. The second-order valence-corrected chi connectivity index (χ2v) is 12.6. The lowest BCUT2D eigenvalue weighted by Gasteiger charge is -2.36. The van der Waals surface area contributed by atoms with Crippen LogP contribution in [0.5, 0.6) is 11.5 Å². The minimum Gasteiger partial charge on any atom is -0.457 e. The Labute approximate surface area is 250 Å². The van der Waals surface area contributed by atoms with Gasteiger partial charge in [0.2, 0.25) is 5.91 Å². The van der Waals surface area contributed by atoms with Gasteiger partial charge < -0.3 is 20.7 Å². The lowest BCUT2D eigenvalue weighted by molar-refractivity contribution is -0.122. The van der Waals surface area contributed by atoms with Crippen molar-refractivity contribution in [2.45, 2.75) is 76.2 Å². The molecule has 0 saturated carbocycles. The third kappa shape index (κ3) is 6.42. The minimum absolute atomic E-state index is 0.0278. The van der Waals surface area contributed by atoms with Gasteiger partial charge in [-0.3, -0.25) is 14.5 Å². The van der Waals surface area contributed by atoms with Crippen LogP contribution in [-0.2, 0) is 4.79 Å². The summed E-state index contributed by atoms with van der Waals surface area (Å²) in [6.45, 7) is 5.08. The van der Waals surface area contributed by atoms with Gasteiger partial charge in [0, 0.05) is 55.5 Å². The number of rotatable bonds is 6. The van der Waals surface area contributed by atoms with E-state index in [4.69, 9.17) is 10.5 Å². The molecular weight excluding hydrogens is 524 g/mol. The van der Waals surface area contributed by atoms with Crippen LogP contribution < -0.4 is 15.8 Å². The maximum atomic E-state index is 14.2. The number of para-hydroxylation sites is 1. The van der Waals surface area contributed by atoms with E-state index in [-0.39, 0.29) is 17.9 Å². The highest BCUT2D eigenvalue weighted by Crippen LogP contribution is 2.46. The van der Waals surface area contributed by atoms with E-state index in [1.807, 2.05) is 47.4 Å². The molecule has 1 atom stereocenters. The Bertz CT molecular complexity index is 1290. The molecule has 6 rings (SSSR count). The maximum Gasteiger partial charge on any atom is 0.254 e. The van der Waals surface area contributed by atoms with Crippen molar-refractivity contribution < 1.29 is 14.3 Å². The monoisotopic (exact) mass is 570 g/mol. The summed E-state index contributed by atoms with van der Waals surface area (Å²) in [7, 11) is 0. The SMILES string of the molecule is NCC1CCN(C(=O)c2cccc3c2C(C(=O)NC2CCN(C/C4=C/CCCCCC4)CC2)c2ccccc2O3)CC1. The molecule has 3 N–H and O–H groups in total. The van der Waals surface area contributed by atoms with Crippen LogP contribution in [0.4, 0.5) is 0 Å². The first-order valence-corrected chi connectivity index (χ1v) is 16.2. The Hall–Kier alpha value is -3.16. The number of nitrogens with zero attached hydrogens (tertiary/aromatic N) is 2. The molecule has 7 nitrogen and oxygen atoms in total. The van der Waals surface area contributed by atoms with Crippen molar-refractivity contribution in [2.75, 3.05) is 39.3 Å². The number of nitrogens with two attached hydrogens (primary N) is 1. The zero-order valence-electron chi connectivity index (χ0n) is 24.9. The number of nitrogens with one attached hydrogen (secondary N) is 1. The van der Waals surface area contributed by atoms with Crippen LogP contribution in [0.1, 0.15) is 91.6 Å². The first-order valence-electron chi connectivity index (χ1n) is 16.2. The number of benzene rings is 2. The van der Waals surface area contributed by atoms with Gasteiger partial charge in [-0.2, -0.15) is 0 Å². The van der Waals surface area contributed by atoms with Gasteiger partial charge in [-0.05, 0) is 82.0 Å². The van der Waals surface area contributed by atoms with Gasteiger partial charge in [0.05, 0.1) is 5.92 Å². The topological polar surface area (TPSA) is 87.9 Å². The third-order valence-electron chi connectivity index (χ3n) is 9.78. The van der Waals surface area contributed by atoms with Gasteiger partial charge >= 0.3 is 0 Å². The highest BCUT2D eigenvalue weighted by molar-refractivity contribution is 6.00. The molecule has 1 unspecified atom stereocenters. The number of carbonyl (C=O) groups excluding carboxylic acids is 2. The number of fused-ring (bicyclic) bond motifs is 2. The first-order chi connectivity index (χ1) is 20.6. The number of hydrogen-bond acceptors (Lipinski definition) is 5. The number of carbonyl (C=O) groups is 2. The minimum atomic E-state index is -0.593. The zero-order valence-corrected chi connectivity index (χ0v) is 24.9. The highest BCUT2D eigenvalue weighted by atomic mass is 16.5. The van der Waals surface area contributed by atoms with Crippen LogP contribution in [0.3, 0.4) is 0 Å². The van der Waals surface area contributed by atoms with Crippen LogP contribution in [0, 0.1) is 5.92 Å². The molecule has 2 saturated heterocycles. The summed E-state index contributed by atoms with van der Waals surface area (Å²) in [6.07, 6.45) is 14.0. The number of hydrogen-bond donors (Lipinski definition) is 2. The van der Waals surface area contributed by atoms with E-state index in [9.17, 15) is 9.59 Å². The molecule has 0 radical (unpaired) electrons. The predicted octanol–water partition coefficient (Wildman–Crippen LogP) is 5.60. The predicted molar refractivity (Wildman–Crippen MR) is 166 cm³/mol. The van der Waals surface area contributed by atoms with Crippen molar-refractivity contribution in [3.8, 4) is 11.5 Å². The van der Waals surface area contributed by atoms with Crippen LogP contribution >= 0.6 is 0 Å². The summed E-state index contributed by atoms with van der Waals surface area (Å²) in [5.41, 5.74) is 9.56. The van der Waals surface area contributed by atoms with Crippen molar-refractivity contribution in [3.05, 3.63) is 70.8 Å². The average molecular weight is 571 g/mol. The van der Waals surface area contributed by atoms with Gasteiger partial charge in [0.15, 0.2) is 0 Å². The van der Waals surface area contributed by atoms with Crippen molar-refractivity contribution in [1.82, 2.24) is 15.1 Å². The fraction of sp³-hybridized carbons (Fsp3) is 0.543. The van der Waals surface area contributed by atoms with Gasteiger partial charge in [-0.1, -0.05) is 48.8 Å². The number of ether oxygens (including phenoxy) is 1. The zero-order chi connectivity index (χ0) is 28.9. The first kappa shape index (κ1) is 28.9. The largest absolute Gasteiger partial charge is 0.457 e. The van der Waals surface area contributed by atoms with E-state index in [1.165, 1.54) is 38.5 Å². The standard InChI is InChI=1S/C35H46N4O3/c36-23-25-15-21-39(22-16-25)35(41)29-12-8-14-31-32(29)33(28-11-6-7-13-30(28)42-31)34(40)37-27-17-19-38(20-18-27)24-26-9-4-2-1-3-5-10-26/h6-9,11-14,25,27,33H,1-5,10,15-24,36H2,(H,37,40)/b26-9+. The highest BCUT2D eigenvalue weighted by Gasteiger charge is 2.38. The van der Waals surface area contributed by atoms with Gasteiger partial charge in [0.25, 0.3) is 5.91 Å². The lowest BCUT2D eigenvalue weighted by Crippen LogP contribution is -2.47. The van der Waals surface area contributed by atoms with Crippen molar-refractivity contribution in [1.29, 1.82) is 0 Å². The second kappa shape index (κ2) is 13.4. The van der Waals surface area contributed by atoms with E-state index < -0.39 is 5.92 Å².